The smallest absolute Gasteiger partial charge is 0.243 e. The van der Waals surface area contributed by atoms with Crippen molar-refractivity contribution in [3.63, 3.8) is 0 Å². The van der Waals surface area contributed by atoms with Gasteiger partial charge in [0.05, 0.1) is 4.90 Å². The normalized spacial score (nSPS) is 23.0. The molecule has 0 bridgehead atoms. The Balaban J connectivity index is 1.75. The van der Waals surface area contributed by atoms with Crippen LogP contribution in [0, 0.1) is 25.7 Å². The molecule has 0 radical (unpaired) electrons. The third-order valence-corrected chi connectivity index (χ3v) is 8.66. The zero-order chi connectivity index (χ0) is 23.3. The number of sulfonamides is 1. The summed E-state index contributed by atoms with van der Waals surface area (Å²) in [7, 11) is -3.68. The van der Waals surface area contributed by atoms with Crippen LogP contribution in [0.3, 0.4) is 0 Å². The molecule has 2 aliphatic rings. The molecular formula is C24H40N4O3S. The molecule has 2 aliphatic heterocycles. The standard InChI is InChI=1S/C24H40N4O3S/c1-19-5-6-22(4)23(16-19)32(30,31)28(10-7-24(29)27-11-8-25-9-12-27)14-13-26-17-20(2)15-21(3)18-26/h5-6,16,20-21,25H,7-15,17-18H2,1-4H3/t20-,21-/m0/s1. The highest BCUT2D eigenvalue weighted by atomic mass is 32.2. The van der Waals surface area contributed by atoms with Gasteiger partial charge in [0.15, 0.2) is 0 Å². The van der Waals surface area contributed by atoms with E-state index in [0.29, 0.717) is 42.9 Å². The zero-order valence-corrected chi connectivity index (χ0v) is 21.0. The first-order valence-corrected chi connectivity index (χ1v) is 13.4. The maximum absolute atomic E-state index is 13.7. The van der Waals surface area contributed by atoms with Crippen molar-refractivity contribution in [2.75, 3.05) is 58.9 Å². The largest absolute Gasteiger partial charge is 0.340 e. The summed E-state index contributed by atoms with van der Waals surface area (Å²) in [5, 5.41) is 3.25. The lowest BCUT2D eigenvalue weighted by molar-refractivity contribution is -0.131. The summed E-state index contributed by atoms with van der Waals surface area (Å²) in [6.45, 7) is 14.6. The third kappa shape index (κ3) is 6.53. The van der Waals surface area contributed by atoms with Gasteiger partial charge >= 0.3 is 0 Å². The zero-order valence-electron chi connectivity index (χ0n) is 20.1. The molecule has 0 aliphatic carbocycles. The number of carbonyl (C=O) groups excluding carboxylic acids is 1. The predicted octanol–water partition coefficient (Wildman–Crippen LogP) is 2.09. The van der Waals surface area contributed by atoms with Gasteiger partial charge in [-0.1, -0.05) is 26.0 Å². The number of nitrogens with one attached hydrogen (secondary N) is 1. The van der Waals surface area contributed by atoms with Gasteiger partial charge in [0.25, 0.3) is 0 Å². The fourth-order valence-electron chi connectivity index (χ4n) is 5.00. The van der Waals surface area contributed by atoms with Crippen LogP contribution in [-0.2, 0) is 14.8 Å². The Labute approximate surface area is 194 Å². The van der Waals surface area contributed by atoms with Crippen molar-refractivity contribution in [3.05, 3.63) is 29.3 Å². The highest BCUT2D eigenvalue weighted by Crippen LogP contribution is 2.24. The number of benzene rings is 1. The van der Waals surface area contributed by atoms with E-state index in [1.807, 2.05) is 30.9 Å². The molecule has 2 fully saturated rings. The van der Waals surface area contributed by atoms with Crippen LogP contribution in [-0.4, -0.2) is 87.3 Å². The van der Waals surface area contributed by atoms with E-state index in [-0.39, 0.29) is 18.9 Å². The highest BCUT2D eigenvalue weighted by Gasteiger charge is 2.29. The van der Waals surface area contributed by atoms with Gasteiger partial charge in [-0.3, -0.25) is 4.79 Å². The third-order valence-electron chi connectivity index (χ3n) is 6.62. The molecule has 3 rings (SSSR count). The molecule has 0 spiro atoms. The number of piperazine rings is 1. The van der Waals surface area contributed by atoms with Gasteiger partial charge in [-0.25, -0.2) is 8.42 Å². The van der Waals surface area contributed by atoms with Gasteiger partial charge in [0, 0.05) is 65.3 Å². The van der Waals surface area contributed by atoms with Gasteiger partial charge in [-0.15, -0.1) is 0 Å². The summed E-state index contributed by atoms with van der Waals surface area (Å²) in [5.74, 6) is 1.28. The molecule has 7 nitrogen and oxygen atoms in total. The number of aryl methyl sites for hydroxylation is 2. The van der Waals surface area contributed by atoms with Gasteiger partial charge < -0.3 is 15.1 Å². The first-order valence-electron chi connectivity index (χ1n) is 11.9. The van der Waals surface area contributed by atoms with Crippen LogP contribution in [0.15, 0.2) is 23.1 Å². The topological polar surface area (TPSA) is 73.0 Å². The Morgan fingerprint density at radius 1 is 1.09 bits per heavy atom. The predicted molar refractivity (Wildman–Crippen MR) is 128 cm³/mol. The van der Waals surface area contributed by atoms with Crippen molar-refractivity contribution in [2.24, 2.45) is 11.8 Å². The minimum atomic E-state index is -3.68. The minimum absolute atomic E-state index is 0.0351. The van der Waals surface area contributed by atoms with Crippen LogP contribution in [0.1, 0.15) is 37.8 Å². The molecule has 180 valence electrons. The average Bonchev–Trinajstić information content (AvgIpc) is 2.75. The molecule has 1 aromatic carbocycles. The van der Waals surface area contributed by atoms with E-state index in [9.17, 15) is 13.2 Å². The molecule has 0 aromatic heterocycles. The molecule has 1 aromatic rings. The molecule has 1 N–H and O–H groups in total. The number of likely N-dealkylation sites (tertiary alicyclic amines) is 1. The molecule has 8 heteroatoms. The summed E-state index contributed by atoms with van der Waals surface area (Å²) in [5.41, 5.74) is 1.67. The highest BCUT2D eigenvalue weighted by molar-refractivity contribution is 7.89. The average molecular weight is 465 g/mol. The summed E-state index contributed by atoms with van der Waals surface area (Å²) < 4.78 is 28.9. The molecule has 2 saturated heterocycles. The number of carbonyl (C=O) groups is 1. The van der Waals surface area contributed by atoms with Gasteiger partial charge in [-0.05, 0) is 49.3 Å². The van der Waals surface area contributed by atoms with Gasteiger partial charge in [-0.2, -0.15) is 4.31 Å². The van der Waals surface area contributed by atoms with Gasteiger partial charge in [0.1, 0.15) is 0 Å². The molecule has 0 unspecified atom stereocenters. The molecular weight excluding hydrogens is 424 g/mol. The molecule has 2 heterocycles. The molecule has 2 atom stereocenters. The quantitative estimate of drug-likeness (QED) is 0.638. The fraction of sp³-hybridized carbons (Fsp3) is 0.708. The van der Waals surface area contributed by atoms with Crippen LogP contribution < -0.4 is 5.32 Å². The van der Waals surface area contributed by atoms with E-state index in [4.69, 9.17) is 0 Å². The minimum Gasteiger partial charge on any atom is -0.340 e. The van der Waals surface area contributed by atoms with E-state index < -0.39 is 10.0 Å². The maximum atomic E-state index is 13.7. The molecule has 1 amide bonds. The van der Waals surface area contributed by atoms with E-state index in [0.717, 1.165) is 37.3 Å². The van der Waals surface area contributed by atoms with E-state index in [2.05, 4.69) is 24.1 Å². The van der Waals surface area contributed by atoms with Crippen molar-refractivity contribution >= 4 is 15.9 Å². The van der Waals surface area contributed by atoms with Gasteiger partial charge in [0.2, 0.25) is 15.9 Å². The second-order valence-electron chi connectivity index (χ2n) is 9.76. The Kier molecular flexibility index (Phi) is 8.72. The Hall–Kier alpha value is -1.48. The number of piperidine rings is 1. The Bertz CT molecular complexity index is 873. The number of rotatable bonds is 8. The summed E-state index contributed by atoms with van der Waals surface area (Å²) in [6, 6.07) is 5.55. The van der Waals surface area contributed by atoms with Crippen LogP contribution >= 0.6 is 0 Å². The van der Waals surface area contributed by atoms with Crippen molar-refractivity contribution < 1.29 is 13.2 Å². The van der Waals surface area contributed by atoms with Crippen LogP contribution in [0.2, 0.25) is 0 Å². The van der Waals surface area contributed by atoms with Crippen LogP contribution in [0.5, 0.6) is 0 Å². The van der Waals surface area contributed by atoms with E-state index in [1.165, 1.54) is 6.42 Å². The second-order valence-corrected chi connectivity index (χ2v) is 11.7. The first kappa shape index (κ1) is 25.1. The van der Waals surface area contributed by atoms with Crippen LogP contribution in [0.4, 0.5) is 0 Å². The Morgan fingerprint density at radius 2 is 1.75 bits per heavy atom. The maximum Gasteiger partial charge on any atom is 0.243 e. The first-order chi connectivity index (χ1) is 15.2. The SMILES string of the molecule is Cc1ccc(C)c(S(=O)(=O)N(CCC(=O)N2CCNCC2)CCN2C[C@@H](C)C[C@H](C)C2)c1. The van der Waals surface area contributed by atoms with Crippen molar-refractivity contribution in [1.82, 2.24) is 19.4 Å². The van der Waals surface area contributed by atoms with E-state index in [1.54, 1.807) is 10.4 Å². The van der Waals surface area contributed by atoms with Crippen molar-refractivity contribution in [2.45, 2.75) is 45.4 Å². The number of amides is 1. The lowest BCUT2D eigenvalue weighted by Crippen LogP contribution is -2.48. The molecule has 0 saturated carbocycles. The fourth-order valence-corrected chi connectivity index (χ4v) is 6.74. The van der Waals surface area contributed by atoms with Crippen LogP contribution in [0.25, 0.3) is 0 Å². The van der Waals surface area contributed by atoms with Crippen molar-refractivity contribution in [3.8, 4) is 0 Å². The van der Waals surface area contributed by atoms with E-state index >= 15 is 0 Å². The Morgan fingerprint density at radius 3 is 2.41 bits per heavy atom. The lowest BCUT2D eigenvalue weighted by atomic mass is 9.92. The summed E-state index contributed by atoms with van der Waals surface area (Å²) in [4.78, 5) is 17.3. The summed E-state index contributed by atoms with van der Waals surface area (Å²) in [6.07, 6.45) is 1.44. The van der Waals surface area contributed by atoms with Crippen molar-refractivity contribution in [1.29, 1.82) is 0 Å². The monoisotopic (exact) mass is 464 g/mol. The number of hydrogen-bond acceptors (Lipinski definition) is 5. The summed E-state index contributed by atoms with van der Waals surface area (Å²) >= 11 is 0. The number of nitrogens with zero attached hydrogens (tertiary/aromatic N) is 3. The molecule has 32 heavy (non-hydrogen) atoms. The lowest BCUT2D eigenvalue weighted by Gasteiger charge is -2.36. The second kappa shape index (κ2) is 11.1. The number of hydrogen-bond donors (Lipinski definition) is 1.